The van der Waals surface area contributed by atoms with Crippen molar-refractivity contribution in [2.75, 3.05) is 0 Å². The highest BCUT2D eigenvalue weighted by Crippen LogP contribution is 2.52. The Balaban J connectivity index is 1.47. The summed E-state index contributed by atoms with van der Waals surface area (Å²) in [7, 11) is -5.20. The van der Waals surface area contributed by atoms with Crippen LogP contribution in [0.4, 0.5) is 0 Å². The van der Waals surface area contributed by atoms with E-state index in [-0.39, 0.29) is 0 Å². The number of fused-ring (bicyclic) bond motifs is 2. The molecule has 8 aromatic rings. The van der Waals surface area contributed by atoms with Gasteiger partial charge in [-0.05, 0) is 109 Å². The fourth-order valence-electron chi connectivity index (χ4n) is 6.87. The predicted octanol–water partition coefficient (Wildman–Crippen LogP) is 11.6. The van der Waals surface area contributed by atoms with Crippen molar-refractivity contribution < 1.29 is 13.6 Å². The lowest BCUT2D eigenvalue weighted by Gasteiger charge is -2.28. The van der Waals surface area contributed by atoms with E-state index in [2.05, 4.69) is 117 Å². The van der Waals surface area contributed by atoms with Crippen LogP contribution in [0.15, 0.2) is 170 Å². The summed E-state index contributed by atoms with van der Waals surface area (Å²) in [5.41, 5.74) is 6.47. The van der Waals surface area contributed by atoms with Crippen LogP contribution in [0, 0.1) is 27.7 Å². The zero-order valence-corrected chi connectivity index (χ0v) is 32.1. The smallest absolute Gasteiger partial charge is 0.413 e. The van der Waals surface area contributed by atoms with E-state index in [9.17, 15) is 0 Å². The first kappa shape index (κ1) is 34.6. The van der Waals surface area contributed by atoms with Crippen molar-refractivity contribution in [2.24, 2.45) is 0 Å². The molecule has 0 aliphatic rings. The monoisotopic (exact) mass is 726 g/mol. The minimum Gasteiger partial charge on any atom is -0.413 e. The summed E-state index contributed by atoms with van der Waals surface area (Å²) in [5, 5.41) is 8.35. The van der Waals surface area contributed by atoms with Gasteiger partial charge >= 0.3 is 7.60 Å². The average molecular weight is 727 g/mol. The molecule has 0 N–H and O–H groups in total. The quantitative estimate of drug-likeness (QED) is 0.139. The first-order chi connectivity index (χ1) is 25.8. The summed E-state index contributed by atoms with van der Waals surface area (Å²) < 4.78 is 29.2. The molecule has 0 heterocycles. The number of hydrogen-bond acceptors (Lipinski definition) is 3. The Bertz CT molecular complexity index is 2510. The van der Waals surface area contributed by atoms with E-state index in [1.54, 1.807) is 0 Å². The molecule has 0 aliphatic heterocycles. The summed E-state index contributed by atoms with van der Waals surface area (Å²) in [4.78, 5) is 0. The molecule has 0 fully saturated rings. The van der Waals surface area contributed by atoms with Gasteiger partial charge in [0.05, 0.1) is 5.30 Å². The molecule has 0 saturated carbocycles. The average Bonchev–Trinajstić information content (AvgIpc) is 3.18. The van der Waals surface area contributed by atoms with Crippen molar-refractivity contribution in [3.05, 3.63) is 192 Å². The second-order valence-corrected chi connectivity index (χ2v) is 17.7. The predicted molar refractivity (Wildman–Crippen MR) is 226 cm³/mol. The summed E-state index contributed by atoms with van der Waals surface area (Å²) in [6.45, 7) is 8.30. The molecule has 8 aromatic carbocycles. The van der Waals surface area contributed by atoms with Crippen LogP contribution in [-0.2, 0) is 4.57 Å². The topological polar surface area (TPSA) is 35.5 Å². The largest absolute Gasteiger partial charge is 0.463 e. The van der Waals surface area contributed by atoms with Crippen LogP contribution in [-0.4, -0.2) is 0 Å². The van der Waals surface area contributed by atoms with Gasteiger partial charge in [-0.25, -0.2) is 4.57 Å². The summed E-state index contributed by atoms with van der Waals surface area (Å²) in [5.74, 6) is 0.953. The molecule has 5 heteroatoms. The van der Waals surface area contributed by atoms with E-state index < -0.39 is 15.5 Å². The van der Waals surface area contributed by atoms with Crippen LogP contribution in [0.5, 0.6) is 11.5 Å². The number of benzene rings is 8. The third-order valence-electron chi connectivity index (χ3n) is 9.68. The molecule has 0 aromatic heterocycles. The Hall–Kier alpha value is -5.46. The summed E-state index contributed by atoms with van der Waals surface area (Å²) in [6.07, 6.45) is 0. The highest BCUT2D eigenvalue weighted by atomic mass is 31.2. The summed E-state index contributed by atoms with van der Waals surface area (Å²) >= 11 is 0. The molecule has 0 amide bonds. The van der Waals surface area contributed by atoms with E-state index >= 15 is 4.57 Å². The maximum absolute atomic E-state index is 16.0. The Labute approximate surface area is 313 Å². The second kappa shape index (κ2) is 14.5. The van der Waals surface area contributed by atoms with Crippen molar-refractivity contribution >= 4 is 58.3 Å². The van der Waals surface area contributed by atoms with Gasteiger partial charge in [-0.15, -0.1) is 0 Å². The van der Waals surface area contributed by atoms with Crippen LogP contribution < -0.4 is 30.3 Å². The molecule has 0 bridgehead atoms. The minimum atomic E-state index is -4.13. The van der Waals surface area contributed by atoms with Gasteiger partial charge < -0.3 is 9.05 Å². The van der Waals surface area contributed by atoms with Crippen molar-refractivity contribution in [3.63, 3.8) is 0 Å². The van der Waals surface area contributed by atoms with Crippen molar-refractivity contribution in [3.8, 4) is 22.6 Å². The third kappa shape index (κ3) is 7.04. The van der Waals surface area contributed by atoms with Crippen LogP contribution in [0.3, 0.4) is 0 Å². The molecular weight excluding hydrogens is 686 g/mol. The van der Waals surface area contributed by atoms with E-state index in [4.69, 9.17) is 9.05 Å². The number of hydrogen-bond donors (Lipinski definition) is 0. The van der Waals surface area contributed by atoms with E-state index in [0.717, 1.165) is 43.8 Å². The van der Waals surface area contributed by atoms with Crippen LogP contribution in [0.25, 0.3) is 32.7 Å². The molecule has 0 radical (unpaired) electrons. The zero-order chi connectivity index (χ0) is 36.5. The van der Waals surface area contributed by atoms with Gasteiger partial charge in [0.15, 0.2) is 0 Å². The molecule has 0 unspecified atom stereocenters. The van der Waals surface area contributed by atoms with Crippen LogP contribution in [0.2, 0.25) is 0 Å². The van der Waals surface area contributed by atoms with Gasteiger partial charge in [0.1, 0.15) is 11.5 Å². The van der Waals surface area contributed by atoms with Gasteiger partial charge in [0.25, 0.3) is 0 Å². The second-order valence-electron chi connectivity index (χ2n) is 13.7. The summed E-state index contributed by atoms with van der Waals surface area (Å²) in [6, 6.07) is 58.4. The lowest BCUT2D eigenvalue weighted by atomic mass is 9.93. The fourth-order valence-corrected chi connectivity index (χ4v) is 11.1. The SMILES string of the molecule is Cc1ccc(OP(=O)(Oc2ccc(C)cc2)c2ccc3ccccc3c2-c2c(P(c3ccc(C)cc3)c3ccc(C)cc3)ccc3ccccc23)cc1. The standard InChI is InChI=1S/C48H40O3P2/c1-33-13-23-39(24-14-33)50-53(49,51-40-25-15-34(2)16-26-40)46-32-22-38-10-6-8-12-44(38)48(46)47-43-11-7-5-9-37(43)21-31-45(47)52(41-27-17-35(3)18-28-41)42-29-19-36(4)20-30-42/h5-32H,1-4H3. The van der Waals surface area contributed by atoms with Crippen molar-refractivity contribution in [1.29, 1.82) is 0 Å². The molecular formula is C48H40O3P2. The van der Waals surface area contributed by atoms with Gasteiger partial charge in [-0.2, -0.15) is 0 Å². The van der Waals surface area contributed by atoms with Crippen molar-refractivity contribution in [2.45, 2.75) is 27.7 Å². The molecule has 0 atom stereocenters. The number of rotatable bonds is 9. The lowest BCUT2D eigenvalue weighted by Crippen LogP contribution is -2.25. The molecule has 0 saturated heterocycles. The van der Waals surface area contributed by atoms with Gasteiger partial charge in [0, 0.05) is 5.56 Å². The van der Waals surface area contributed by atoms with Crippen molar-refractivity contribution in [1.82, 2.24) is 0 Å². The van der Waals surface area contributed by atoms with E-state index in [1.165, 1.54) is 27.0 Å². The normalized spacial score (nSPS) is 11.6. The maximum Gasteiger partial charge on any atom is 0.463 e. The molecule has 53 heavy (non-hydrogen) atoms. The third-order valence-corrected chi connectivity index (χ3v) is 14.0. The Morgan fingerprint density at radius 2 is 0.811 bits per heavy atom. The van der Waals surface area contributed by atoms with Gasteiger partial charge in [-0.3, -0.25) is 0 Å². The van der Waals surface area contributed by atoms with Crippen LogP contribution in [0.1, 0.15) is 22.3 Å². The highest BCUT2D eigenvalue weighted by molar-refractivity contribution is 7.80. The molecule has 260 valence electrons. The molecule has 3 nitrogen and oxygen atoms in total. The Morgan fingerprint density at radius 1 is 0.415 bits per heavy atom. The lowest BCUT2D eigenvalue weighted by molar-refractivity contribution is 0.399. The minimum absolute atomic E-state index is 0.477. The molecule has 0 aliphatic carbocycles. The van der Waals surface area contributed by atoms with E-state index in [0.29, 0.717) is 16.8 Å². The Morgan fingerprint density at radius 3 is 1.28 bits per heavy atom. The Kier molecular flexibility index (Phi) is 9.48. The molecule has 8 rings (SSSR count). The molecule has 0 spiro atoms. The first-order valence-electron chi connectivity index (χ1n) is 17.9. The zero-order valence-electron chi connectivity index (χ0n) is 30.3. The van der Waals surface area contributed by atoms with Crippen LogP contribution >= 0.6 is 15.5 Å². The van der Waals surface area contributed by atoms with Gasteiger partial charge in [-0.1, -0.05) is 162 Å². The van der Waals surface area contributed by atoms with E-state index in [1.807, 2.05) is 80.6 Å². The first-order valence-corrected chi connectivity index (χ1v) is 20.7. The fraction of sp³-hybridized carbons (Fsp3) is 0.0833. The number of aryl methyl sites for hydroxylation is 4. The highest BCUT2D eigenvalue weighted by Gasteiger charge is 2.37. The maximum atomic E-state index is 16.0. The van der Waals surface area contributed by atoms with Gasteiger partial charge in [0.2, 0.25) is 0 Å².